The van der Waals surface area contributed by atoms with Crippen molar-refractivity contribution >= 4 is 0 Å². The number of hydrogen-bond acceptors (Lipinski definition) is 1. The molecule has 0 saturated carbocycles. The lowest BCUT2D eigenvalue weighted by Crippen LogP contribution is -2.26. The van der Waals surface area contributed by atoms with Gasteiger partial charge in [-0.15, -0.1) is 0 Å². The highest BCUT2D eigenvalue weighted by atomic mass is 14.9. The number of hydrogen-bond donors (Lipinski definition) is 1. The average molecular weight is 187 g/mol. The average Bonchev–Trinajstić information content (AvgIpc) is 2.08. The molecule has 1 nitrogen and oxygen atoms in total. The van der Waals surface area contributed by atoms with Crippen LogP contribution in [-0.2, 0) is 0 Å². The Morgan fingerprint density at radius 1 is 0.923 bits per heavy atom. The van der Waals surface area contributed by atoms with Crippen molar-refractivity contribution in [2.24, 2.45) is 5.92 Å². The molecule has 1 saturated heterocycles. The van der Waals surface area contributed by atoms with E-state index < -0.39 is 0 Å². The van der Waals surface area contributed by atoms with E-state index in [-0.39, 0.29) is 0 Å². The fourth-order valence-electron chi connectivity index (χ4n) is 0.966. The second-order valence-electron chi connectivity index (χ2n) is 3.85. The van der Waals surface area contributed by atoms with E-state index in [4.69, 9.17) is 0 Å². The Bertz CT molecular complexity index is 63.5. The Balaban J connectivity index is 0. The summed E-state index contributed by atoms with van der Waals surface area (Å²) in [6.45, 7) is 13.3. The van der Waals surface area contributed by atoms with Crippen LogP contribution in [-0.4, -0.2) is 13.1 Å². The van der Waals surface area contributed by atoms with Gasteiger partial charge < -0.3 is 5.32 Å². The zero-order chi connectivity index (χ0) is 10.5. The molecule has 0 aromatic carbocycles. The molecule has 0 atom stereocenters. The molecular formula is C12H29N. The smallest absolute Gasteiger partial charge is 0.00464 e. The Morgan fingerprint density at radius 3 is 1.38 bits per heavy atom. The van der Waals surface area contributed by atoms with E-state index in [9.17, 15) is 0 Å². The summed E-state index contributed by atoms with van der Waals surface area (Å²) in [5, 5.41) is 3.32. The van der Waals surface area contributed by atoms with Crippen LogP contribution >= 0.6 is 0 Å². The summed E-state index contributed by atoms with van der Waals surface area (Å²) in [5.41, 5.74) is 0. The van der Waals surface area contributed by atoms with E-state index in [0.717, 1.165) is 5.92 Å². The molecule has 0 aliphatic carbocycles. The maximum atomic E-state index is 3.32. The van der Waals surface area contributed by atoms with Crippen LogP contribution in [0.3, 0.4) is 0 Å². The predicted octanol–water partition coefficient (Wildman–Crippen LogP) is 3.84. The van der Waals surface area contributed by atoms with Crippen LogP contribution in [0.4, 0.5) is 0 Å². The third kappa shape index (κ3) is 18.7. The molecule has 0 unspecified atom stereocenters. The molecule has 0 bridgehead atoms. The van der Waals surface area contributed by atoms with Crippen molar-refractivity contribution in [3.05, 3.63) is 0 Å². The molecule has 1 aliphatic rings. The number of piperidine rings is 1. The molecule has 0 spiro atoms. The van der Waals surface area contributed by atoms with Crippen LogP contribution in [0, 0.1) is 5.92 Å². The fourth-order valence-corrected chi connectivity index (χ4v) is 0.966. The van der Waals surface area contributed by atoms with Crippen LogP contribution in [0.1, 0.15) is 60.3 Å². The summed E-state index contributed by atoms with van der Waals surface area (Å²) in [6.07, 6.45) is 5.25. The van der Waals surface area contributed by atoms with Crippen LogP contribution in [0.25, 0.3) is 0 Å². The van der Waals surface area contributed by atoms with Gasteiger partial charge in [-0.05, 0) is 31.8 Å². The largest absolute Gasteiger partial charge is 0.317 e. The van der Waals surface area contributed by atoms with Crippen LogP contribution < -0.4 is 5.32 Å². The Morgan fingerprint density at radius 2 is 1.23 bits per heavy atom. The first kappa shape index (κ1) is 15.4. The van der Waals surface area contributed by atoms with Crippen molar-refractivity contribution in [2.75, 3.05) is 13.1 Å². The van der Waals surface area contributed by atoms with Gasteiger partial charge in [0, 0.05) is 0 Å². The summed E-state index contributed by atoms with van der Waals surface area (Å²) in [5.74, 6) is 0.973. The van der Waals surface area contributed by atoms with Gasteiger partial charge in [0.15, 0.2) is 0 Å². The van der Waals surface area contributed by atoms with Gasteiger partial charge in [0.05, 0.1) is 0 Å². The van der Waals surface area contributed by atoms with Crippen LogP contribution in [0.15, 0.2) is 0 Å². The van der Waals surface area contributed by atoms with Gasteiger partial charge in [-0.1, -0.05) is 47.5 Å². The molecule has 0 radical (unpaired) electrons. The Kier molecular flexibility index (Phi) is 17.2. The summed E-state index contributed by atoms with van der Waals surface area (Å²) in [7, 11) is 0. The van der Waals surface area contributed by atoms with Gasteiger partial charge in [0.25, 0.3) is 0 Å². The molecule has 0 aromatic heterocycles. The Hall–Kier alpha value is -0.0400. The van der Waals surface area contributed by atoms with Crippen molar-refractivity contribution in [3.63, 3.8) is 0 Å². The van der Waals surface area contributed by atoms with E-state index in [1.165, 1.54) is 38.8 Å². The lowest BCUT2D eigenvalue weighted by molar-refractivity contribution is 0.402. The minimum absolute atomic E-state index is 0.973. The SMILES string of the molecule is CC1CCNCC1.CCC.CCC. The fraction of sp³-hybridized carbons (Fsp3) is 1.00. The van der Waals surface area contributed by atoms with Crippen molar-refractivity contribution in [1.29, 1.82) is 0 Å². The molecule has 1 aliphatic heterocycles. The quantitative estimate of drug-likeness (QED) is 0.607. The summed E-state index contributed by atoms with van der Waals surface area (Å²) < 4.78 is 0. The second kappa shape index (κ2) is 14.5. The second-order valence-corrected chi connectivity index (χ2v) is 3.85. The summed E-state index contributed by atoms with van der Waals surface area (Å²) in [4.78, 5) is 0. The van der Waals surface area contributed by atoms with E-state index >= 15 is 0 Å². The molecule has 0 aromatic rings. The zero-order valence-electron chi connectivity index (χ0n) is 10.3. The third-order valence-electron chi connectivity index (χ3n) is 1.63. The first-order valence-corrected chi connectivity index (χ1v) is 5.93. The predicted molar refractivity (Wildman–Crippen MR) is 63.2 cm³/mol. The minimum Gasteiger partial charge on any atom is -0.317 e. The molecule has 1 heterocycles. The van der Waals surface area contributed by atoms with Crippen molar-refractivity contribution in [2.45, 2.75) is 60.3 Å². The van der Waals surface area contributed by atoms with Gasteiger partial charge in [0.1, 0.15) is 0 Å². The lowest BCUT2D eigenvalue weighted by atomic mass is 10.0. The standard InChI is InChI=1S/C6H13N.2C3H8/c1-6-2-4-7-5-3-6;2*1-3-2/h6-7H,2-5H2,1H3;2*3H2,1-2H3. The van der Waals surface area contributed by atoms with Crippen molar-refractivity contribution in [3.8, 4) is 0 Å². The molecule has 1 heteroatoms. The maximum absolute atomic E-state index is 3.32. The minimum atomic E-state index is 0.973. The summed E-state index contributed by atoms with van der Waals surface area (Å²) >= 11 is 0. The molecule has 82 valence electrons. The first-order valence-electron chi connectivity index (χ1n) is 5.93. The van der Waals surface area contributed by atoms with Gasteiger partial charge in [0.2, 0.25) is 0 Å². The molecule has 1 rings (SSSR count). The number of nitrogens with one attached hydrogen (secondary N) is 1. The van der Waals surface area contributed by atoms with Gasteiger partial charge >= 0.3 is 0 Å². The monoisotopic (exact) mass is 187 g/mol. The maximum Gasteiger partial charge on any atom is -0.00464 e. The topological polar surface area (TPSA) is 12.0 Å². The van der Waals surface area contributed by atoms with E-state index in [0.29, 0.717) is 0 Å². The van der Waals surface area contributed by atoms with Gasteiger partial charge in [-0.3, -0.25) is 0 Å². The van der Waals surface area contributed by atoms with Gasteiger partial charge in [-0.2, -0.15) is 0 Å². The molecule has 0 amide bonds. The number of rotatable bonds is 0. The third-order valence-corrected chi connectivity index (χ3v) is 1.63. The molecule has 13 heavy (non-hydrogen) atoms. The molecule has 1 N–H and O–H groups in total. The van der Waals surface area contributed by atoms with E-state index in [1.54, 1.807) is 0 Å². The van der Waals surface area contributed by atoms with Crippen molar-refractivity contribution in [1.82, 2.24) is 5.32 Å². The molecular weight excluding hydrogens is 158 g/mol. The van der Waals surface area contributed by atoms with E-state index in [2.05, 4.69) is 39.9 Å². The highest BCUT2D eigenvalue weighted by Crippen LogP contribution is 2.08. The highest BCUT2D eigenvalue weighted by molar-refractivity contribution is 4.62. The zero-order valence-corrected chi connectivity index (χ0v) is 10.3. The normalized spacial score (nSPS) is 16.4. The lowest BCUT2D eigenvalue weighted by Gasteiger charge is -2.17. The van der Waals surface area contributed by atoms with Crippen molar-refractivity contribution < 1.29 is 0 Å². The van der Waals surface area contributed by atoms with E-state index in [1.807, 2.05) is 0 Å². The molecule has 1 fully saturated rings. The summed E-state index contributed by atoms with van der Waals surface area (Å²) in [6, 6.07) is 0. The highest BCUT2D eigenvalue weighted by Gasteiger charge is 2.04. The van der Waals surface area contributed by atoms with Crippen LogP contribution in [0.2, 0.25) is 0 Å². The van der Waals surface area contributed by atoms with Gasteiger partial charge in [-0.25, -0.2) is 0 Å². The van der Waals surface area contributed by atoms with Crippen LogP contribution in [0.5, 0.6) is 0 Å². The Labute approximate surface area is 85.3 Å². The first-order chi connectivity index (χ1) is 6.22.